The fourth-order valence-corrected chi connectivity index (χ4v) is 2.34. The second-order valence-electron chi connectivity index (χ2n) is 5.18. The molecule has 3 atom stereocenters. The van der Waals surface area contributed by atoms with Gasteiger partial charge in [0.05, 0.1) is 5.92 Å². The average molecular weight is 277 g/mol. The van der Waals surface area contributed by atoms with Gasteiger partial charge in [0.25, 0.3) is 0 Å². The molecule has 4 heteroatoms. The topological polar surface area (TPSA) is 66.4 Å². The second-order valence-corrected chi connectivity index (χ2v) is 5.18. The molecule has 1 aromatic rings. The third-order valence-corrected chi connectivity index (χ3v) is 3.66. The van der Waals surface area contributed by atoms with Crippen LogP contribution in [0.5, 0.6) is 0 Å². The minimum atomic E-state index is -0.911. The van der Waals surface area contributed by atoms with Crippen molar-refractivity contribution >= 4 is 11.9 Å². The number of amides is 1. The molecule has 0 aliphatic carbocycles. The smallest absolute Gasteiger partial charge is 0.307 e. The first kappa shape index (κ1) is 16.2. The minimum absolute atomic E-state index is 0.106. The fourth-order valence-electron chi connectivity index (χ4n) is 2.34. The van der Waals surface area contributed by atoms with E-state index < -0.39 is 17.8 Å². The van der Waals surface area contributed by atoms with Crippen molar-refractivity contribution in [2.24, 2.45) is 11.8 Å². The molecule has 0 spiro atoms. The Labute approximate surface area is 120 Å². The maximum Gasteiger partial charge on any atom is 0.307 e. The van der Waals surface area contributed by atoms with E-state index in [1.54, 1.807) is 6.92 Å². The summed E-state index contributed by atoms with van der Waals surface area (Å²) >= 11 is 0. The lowest BCUT2D eigenvalue weighted by Gasteiger charge is -2.22. The summed E-state index contributed by atoms with van der Waals surface area (Å²) in [7, 11) is 0. The van der Waals surface area contributed by atoms with Gasteiger partial charge >= 0.3 is 5.97 Å². The number of carbonyl (C=O) groups is 2. The van der Waals surface area contributed by atoms with Crippen molar-refractivity contribution in [3.8, 4) is 0 Å². The van der Waals surface area contributed by atoms with Crippen LogP contribution in [0.4, 0.5) is 0 Å². The molecular weight excluding hydrogens is 254 g/mol. The number of aliphatic carboxylic acids is 1. The van der Waals surface area contributed by atoms with E-state index in [0.717, 1.165) is 5.56 Å². The standard InChI is InChI=1S/C16H23NO3/c1-4-17-15(18)12(3)14(16(19)20)10-11(2)13-8-6-5-7-9-13/h5-9,11-12,14H,4,10H2,1-3H3,(H,17,18)(H,19,20)/t11-,12+,14?/m1/s1. The van der Waals surface area contributed by atoms with E-state index in [9.17, 15) is 14.7 Å². The number of rotatable bonds is 7. The van der Waals surface area contributed by atoms with Gasteiger partial charge in [0.15, 0.2) is 0 Å². The number of carboxylic acids is 1. The van der Waals surface area contributed by atoms with E-state index in [4.69, 9.17) is 0 Å². The molecule has 0 aliphatic rings. The lowest BCUT2D eigenvalue weighted by atomic mass is 9.83. The van der Waals surface area contributed by atoms with Gasteiger partial charge in [-0.3, -0.25) is 9.59 Å². The van der Waals surface area contributed by atoms with E-state index in [0.29, 0.717) is 13.0 Å². The van der Waals surface area contributed by atoms with Crippen molar-refractivity contribution < 1.29 is 14.7 Å². The second kappa shape index (κ2) is 7.68. The normalized spacial score (nSPS) is 15.2. The molecule has 2 N–H and O–H groups in total. The van der Waals surface area contributed by atoms with Gasteiger partial charge in [0.2, 0.25) is 5.91 Å². The number of nitrogens with one attached hydrogen (secondary N) is 1. The number of benzene rings is 1. The monoisotopic (exact) mass is 277 g/mol. The first-order valence-corrected chi connectivity index (χ1v) is 7.02. The molecule has 0 bridgehead atoms. The van der Waals surface area contributed by atoms with Gasteiger partial charge in [0.1, 0.15) is 0 Å². The Hall–Kier alpha value is -1.84. The Kier molecular flexibility index (Phi) is 6.22. The minimum Gasteiger partial charge on any atom is -0.481 e. The first-order chi connectivity index (χ1) is 9.47. The molecule has 4 nitrogen and oxygen atoms in total. The van der Waals surface area contributed by atoms with Crippen LogP contribution in [0.2, 0.25) is 0 Å². The molecule has 0 saturated carbocycles. The zero-order valence-corrected chi connectivity index (χ0v) is 12.3. The van der Waals surface area contributed by atoms with Gasteiger partial charge in [-0.2, -0.15) is 0 Å². The third-order valence-electron chi connectivity index (χ3n) is 3.66. The van der Waals surface area contributed by atoms with Crippen LogP contribution in [0, 0.1) is 11.8 Å². The Morgan fingerprint density at radius 3 is 2.30 bits per heavy atom. The Bertz CT molecular complexity index is 444. The summed E-state index contributed by atoms with van der Waals surface area (Å²) in [5, 5.41) is 12.1. The van der Waals surface area contributed by atoms with Crippen molar-refractivity contribution in [3.63, 3.8) is 0 Å². The summed E-state index contributed by atoms with van der Waals surface area (Å²) in [6, 6.07) is 9.78. The van der Waals surface area contributed by atoms with Crippen LogP contribution in [-0.4, -0.2) is 23.5 Å². The van der Waals surface area contributed by atoms with Crippen LogP contribution >= 0.6 is 0 Å². The summed E-state index contributed by atoms with van der Waals surface area (Å²) in [5.41, 5.74) is 1.10. The molecular formula is C16H23NO3. The maximum atomic E-state index is 11.8. The molecule has 0 heterocycles. The highest BCUT2D eigenvalue weighted by molar-refractivity contribution is 5.84. The van der Waals surface area contributed by atoms with Gasteiger partial charge in [-0.25, -0.2) is 0 Å². The molecule has 110 valence electrons. The molecule has 0 aromatic heterocycles. The summed E-state index contributed by atoms with van der Waals surface area (Å²) < 4.78 is 0. The molecule has 20 heavy (non-hydrogen) atoms. The van der Waals surface area contributed by atoms with Gasteiger partial charge in [-0.05, 0) is 24.8 Å². The van der Waals surface area contributed by atoms with Crippen LogP contribution in [0.1, 0.15) is 38.7 Å². The highest BCUT2D eigenvalue weighted by Gasteiger charge is 2.31. The van der Waals surface area contributed by atoms with Crippen molar-refractivity contribution in [2.75, 3.05) is 6.54 Å². The van der Waals surface area contributed by atoms with Gasteiger partial charge in [-0.15, -0.1) is 0 Å². The summed E-state index contributed by atoms with van der Waals surface area (Å²) in [6.45, 7) is 6.02. The zero-order valence-electron chi connectivity index (χ0n) is 12.3. The van der Waals surface area contributed by atoms with Crippen LogP contribution < -0.4 is 5.32 Å². The van der Waals surface area contributed by atoms with Gasteiger partial charge in [-0.1, -0.05) is 44.2 Å². The van der Waals surface area contributed by atoms with Crippen molar-refractivity contribution in [2.45, 2.75) is 33.1 Å². The molecule has 1 rings (SSSR count). The number of hydrogen-bond acceptors (Lipinski definition) is 2. The largest absolute Gasteiger partial charge is 0.481 e. The van der Waals surface area contributed by atoms with E-state index >= 15 is 0 Å². The average Bonchev–Trinajstić information content (AvgIpc) is 2.44. The molecule has 0 fully saturated rings. The molecule has 0 aliphatic heterocycles. The maximum absolute atomic E-state index is 11.8. The summed E-state index contributed by atoms with van der Waals surface area (Å²) in [6.07, 6.45) is 0.456. The number of carboxylic acid groups (broad SMARTS) is 1. The fraction of sp³-hybridized carbons (Fsp3) is 0.500. The quantitative estimate of drug-likeness (QED) is 0.805. The third kappa shape index (κ3) is 4.37. The van der Waals surface area contributed by atoms with Gasteiger partial charge in [0, 0.05) is 12.5 Å². The van der Waals surface area contributed by atoms with Crippen molar-refractivity contribution in [1.82, 2.24) is 5.32 Å². The predicted molar refractivity (Wildman–Crippen MR) is 78.4 cm³/mol. The molecule has 1 aromatic carbocycles. The Morgan fingerprint density at radius 1 is 1.20 bits per heavy atom. The number of hydrogen-bond donors (Lipinski definition) is 2. The lowest BCUT2D eigenvalue weighted by Crippen LogP contribution is -2.36. The highest BCUT2D eigenvalue weighted by atomic mass is 16.4. The SMILES string of the molecule is CCNC(=O)[C@@H](C)C(C[C@@H](C)c1ccccc1)C(=O)O. The highest BCUT2D eigenvalue weighted by Crippen LogP contribution is 2.28. The lowest BCUT2D eigenvalue weighted by molar-refractivity contribution is -0.147. The number of carbonyl (C=O) groups excluding carboxylic acids is 1. The van der Waals surface area contributed by atoms with Crippen molar-refractivity contribution in [3.05, 3.63) is 35.9 Å². The summed E-state index contributed by atoms with van der Waals surface area (Å²) in [4.78, 5) is 23.3. The Morgan fingerprint density at radius 2 is 1.80 bits per heavy atom. The van der Waals surface area contributed by atoms with Crippen LogP contribution in [0.25, 0.3) is 0 Å². The Balaban J connectivity index is 2.77. The predicted octanol–water partition coefficient (Wildman–Crippen LogP) is 2.65. The molecule has 1 amide bonds. The van der Waals surface area contributed by atoms with E-state index in [1.165, 1.54) is 0 Å². The molecule has 1 unspecified atom stereocenters. The van der Waals surface area contributed by atoms with E-state index in [1.807, 2.05) is 44.2 Å². The summed E-state index contributed by atoms with van der Waals surface area (Å²) in [5.74, 6) is -2.20. The van der Waals surface area contributed by atoms with Crippen LogP contribution in [0.3, 0.4) is 0 Å². The van der Waals surface area contributed by atoms with Crippen LogP contribution in [0.15, 0.2) is 30.3 Å². The van der Waals surface area contributed by atoms with Crippen molar-refractivity contribution in [1.29, 1.82) is 0 Å². The molecule has 0 radical (unpaired) electrons. The van der Waals surface area contributed by atoms with Crippen LogP contribution in [-0.2, 0) is 9.59 Å². The van der Waals surface area contributed by atoms with Gasteiger partial charge < -0.3 is 10.4 Å². The zero-order chi connectivity index (χ0) is 15.1. The first-order valence-electron chi connectivity index (χ1n) is 7.02. The van der Waals surface area contributed by atoms with E-state index in [2.05, 4.69) is 5.32 Å². The molecule has 0 saturated heterocycles. The van der Waals surface area contributed by atoms with E-state index in [-0.39, 0.29) is 11.8 Å².